The Balaban J connectivity index is 1.38. The van der Waals surface area contributed by atoms with Gasteiger partial charge in [-0.15, -0.1) is 11.3 Å². The van der Waals surface area contributed by atoms with Gasteiger partial charge in [0.05, 0.1) is 6.54 Å². The first-order valence-electron chi connectivity index (χ1n) is 8.26. The molecule has 6 nitrogen and oxygen atoms in total. The summed E-state index contributed by atoms with van der Waals surface area (Å²) in [6.07, 6.45) is 8.71. The summed E-state index contributed by atoms with van der Waals surface area (Å²) in [5, 5.41) is 12.4. The minimum absolute atomic E-state index is 0.432. The van der Waals surface area contributed by atoms with Gasteiger partial charge in [-0.3, -0.25) is 4.90 Å². The van der Waals surface area contributed by atoms with Crippen molar-refractivity contribution in [2.45, 2.75) is 31.8 Å². The van der Waals surface area contributed by atoms with E-state index in [1.807, 2.05) is 11.6 Å². The molecule has 1 spiro atoms. The predicted molar refractivity (Wildman–Crippen MR) is 92.6 cm³/mol. The van der Waals surface area contributed by atoms with Gasteiger partial charge in [-0.2, -0.15) is 5.26 Å². The van der Waals surface area contributed by atoms with Gasteiger partial charge in [0.15, 0.2) is 11.5 Å². The molecule has 4 rings (SSSR count). The van der Waals surface area contributed by atoms with Crippen molar-refractivity contribution in [1.82, 2.24) is 19.9 Å². The van der Waals surface area contributed by atoms with Gasteiger partial charge < -0.3 is 4.90 Å². The number of nitrogens with zero attached hydrogens (tertiary/aromatic N) is 6. The lowest BCUT2D eigenvalue weighted by Crippen LogP contribution is -2.38. The molecule has 0 aromatic carbocycles. The molecule has 24 heavy (non-hydrogen) atoms. The molecule has 0 N–H and O–H groups in total. The van der Waals surface area contributed by atoms with Gasteiger partial charge in [0.1, 0.15) is 11.1 Å². The van der Waals surface area contributed by atoms with Crippen molar-refractivity contribution >= 4 is 17.2 Å². The monoisotopic (exact) mass is 340 g/mol. The SMILES string of the molecule is CN(Cc1nccs1)C1CC12CCN(c1nccnc1C#N)CC2. The Bertz CT molecular complexity index is 745. The maximum absolute atomic E-state index is 9.21. The van der Waals surface area contributed by atoms with Gasteiger partial charge in [-0.25, -0.2) is 15.0 Å². The zero-order chi connectivity index (χ0) is 16.6. The van der Waals surface area contributed by atoms with Crippen LogP contribution in [0.15, 0.2) is 24.0 Å². The molecular formula is C17H20N6S. The van der Waals surface area contributed by atoms with Crippen LogP contribution in [0.4, 0.5) is 5.82 Å². The number of hydrogen-bond donors (Lipinski definition) is 0. The van der Waals surface area contributed by atoms with E-state index >= 15 is 0 Å². The second-order valence-electron chi connectivity index (χ2n) is 6.75. The topological polar surface area (TPSA) is 68.9 Å². The van der Waals surface area contributed by atoms with Crippen LogP contribution >= 0.6 is 11.3 Å². The van der Waals surface area contributed by atoms with Crippen molar-refractivity contribution in [2.75, 3.05) is 25.0 Å². The summed E-state index contributed by atoms with van der Waals surface area (Å²) < 4.78 is 0. The van der Waals surface area contributed by atoms with E-state index in [-0.39, 0.29) is 0 Å². The largest absolute Gasteiger partial charge is 0.354 e. The number of piperidine rings is 1. The molecule has 0 bridgehead atoms. The Hall–Kier alpha value is -2.04. The lowest BCUT2D eigenvalue weighted by molar-refractivity contribution is 0.238. The summed E-state index contributed by atoms with van der Waals surface area (Å²) in [6, 6.07) is 2.81. The first-order chi connectivity index (χ1) is 11.7. The summed E-state index contributed by atoms with van der Waals surface area (Å²) >= 11 is 1.73. The van der Waals surface area contributed by atoms with Crippen LogP contribution in [0.3, 0.4) is 0 Å². The lowest BCUT2D eigenvalue weighted by atomic mass is 9.92. The molecule has 1 saturated heterocycles. The van der Waals surface area contributed by atoms with Crippen LogP contribution in [-0.4, -0.2) is 46.0 Å². The third-order valence-corrected chi connectivity index (χ3v) is 6.15. The zero-order valence-corrected chi connectivity index (χ0v) is 14.5. The number of nitriles is 1. The van der Waals surface area contributed by atoms with Gasteiger partial charge >= 0.3 is 0 Å². The number of hydrogen-bond acceptors (Lipinski definition) is 7. The van der Waals surface area contributed by atoms with Crippen LogP contribution in [0.5, 0.6) is 0 Å². The summed E-state index contributed by atoms with van der Waals surface area (Å²) in [4.78, 5) is 17.6. The summed E-state index contributed by atoms with van der Waals surface area (Å²) in [5.41, 5.74) is 0.874. The molecule has 1 unspecified atom stereocenters. The van der Waals surface area contributed by atoms with Crippen molar-refractivity contribution in [3.8, 4) is 6.07 Å². The molecule has 3 heterocycles. The number of anilines is 1. The predicted octanol–water partition coefficient (Wildman–Crippen LogP) is 2.30. The standard InChI is InChI=1S/C17H20N6S/c1-22(12-15-20-6-9-24-15)14-10-17(14)2-7-23(8-3-17)16-13(11-18)19-4-5-21-16/h4-6,9,14H,2-3,7-8,10,12H2,1H3. The molecule has 2 aromatic heterocycles. The molecule has 0 amide bonds. The minimum atomic E-state index is 0.432. The number of rotatable bonds is 4. The fraction of sp³-hybridized carbons (Fsp3) is 0.529. The van der Waals surface area contributed by atoms with E-state index < -0.39 is 0 Å². The molecule has 1 saturated carbocycles. The van der Waals surface area contributed by atoms with Crippen molar-refractivity contribution in [3.63, 3.8) is 0 Å². The van der Waals surface area contributed by atoms with Gasteiger partial charge in [0, 0.05) is 43.1 Å². The molecule has 0 radical (unpaired) electrons. The molecule has 2 aliphatic rings. The Morgan fingerprint density at radius 3 is 2.79 bits per heavy atom. The minimum Gasteiger partial charge on any atom is -0.354 e. The molecule has 124 valence electrons. The third kappa shape index (κ3) is 2.76. The first-order valence-corrected chi connectivity index (χ1v) is 9.14. The van der Waals surface area contributed by atoms with E-state index in [4.69, 9.17) is 0 Å². The third-order valence-electron chi connectivity index (χ3n) is 5.39. The quantitative estimate of drug-likeness (QED) is 0.851. The summed E-state index contributed by atoms with van der Waals surface area (Å²) in [7, 11) is 2.21. The van der Waals surface area contributed by atoms with E-state index in [2.05, 4.69) is 37.9 Å². The van der Waals surface area contributed by atoms with Crippen molar-refractivity contribution in [2.24, 2.45) is 5.41 Å². The van der Waals surface area contributed by atoms with E-state index in [1.54, 1.807) is 23.7 Å². The Labute approximate surface area is 145 Å². The maximum atomic E-state index is 9.21. The van der Waals surface area contributed by atoms with Crippen molar-refractivity contribution in [1.29, 1.82) is 5.26 Å². The average Bonchev–Trinajstić information content (AvgIpc) is 3.07. The average molecular weight is 340 g/mol. The van der Waals surface area contributed by atoms with Gasteiger partial charge in [0.2, 0.25) is 0 Å². The molecule has 2 fully saturated rings. The Morgan fingerprint density at radius 1 is 1.29 bits per heavy atom. The smallest absolute Gasteiger partial charge is 0.183 e. The molecule has 1 aliphatic heterocycles. The highest BCUT2D eigenvalue weighted by molar-refractivity contribution is 7.09. The summed E-state index contributed by atoms with van der Waals surface area (Å²) in [5.74, 6) is 0.739. The molecule has 2 aromatic rings. The van der Waals surface area contributed by atoms with Crippen LogP contribution in [0.2, 0.25) is 0 Å². The van der Waals surface area contributed by atoms with E-state index in [1.165, 1.54) is 11.4 Å². The molecule has 1 aliphatic carbocycles. The molecule has 7 heteroatoms. The Morgan fingerprint density at radius 2 is 2.08 bits per heavy atom. The summed E-state index contributed by atoms with van der Waals surface area (Å²) in [6.45, 7) is 2.85. The maximum Gasteiger partial charge on any atom is 0.183 e. The first kappa shape index (κ1) is 15.5. The van der Waals surface area contributed by atoms with E-state index in [9.17, 15) is 5.26 Å². The van der Waals surface area contributed by atoms with Crippen LogP contribution in [0.25, 0.3) is 0 Å². The van der Waals surface area contributed by atoms with Crippen molar-refractivity contribution in [3.05, 3.63) is 34.7 Å². The highest BCUT2D eigenvalue weighted by atomic mass is 32.1. The van der Waals surface area contributed by atoms with Gasteiger partial charge in [-0.1, -0.05) is 0 Å². The van der Waals surface area contributed by atoms with Crippen LogP contribution in [-0.2, 0) is 6.54 Å². The van der Waals surface area contributed by atoms with Crippen molar-refractivity contribution < 1.29 is 0 Å². The fourth-order valence-corrected chi connectivity index (χ4v) is 4.62. The Kier molecular flexibility index (Phi) is 3.94. The van der Waals surface area contributed by atoms with Gasteiger partial charge in [-0.05, 0) is 31.7 Å². The zero-order valence-electron chi connectivity index (χ0n) is 13.7. The van der Waals surface area contributed by atoms with Gasteiger partial charge in [0.25, 0.3) is 0 Å². The number of thiazole rings is 1. The highest BCUT2D eigenvalue weighted by Crippen LogP contribution is 2.56. The second-order valence-corrected chi connectivity index (χ2v) is 7.73. The normalized spacial score (nSPS) is 21.9. The second kappa shape index (κ2) is 6.11. The van der Waals surface area contributed by atoms with Crippen LogP contribution in [0, 0.1) is 16.7 Å². The fourth-order valence-electron chi connectivity index (χ4n) is 3.95. The molecular weight excluding hydrogens is 320 g/mol. The van der Waals surface area contributed by atoms with Crippen LogP contribution in [0.1, 0.15) is 30.0 Å². The van der Waals surface area contributed by atoms with E-state index in [0.29, 0.717) is 17.2 Å². The molecule has 1 atom stereocenters. The lowest BCUT2D eigenvalue weighted by Gasteiger charge is -2.34. The highest BCUT2D eigenvalue weighted by Gasteiger charge is 2.56. The van der Waals surface area contributed by atoms with Crippen LogP contribution < -0.4 is 4.90 Å². The number of aromatic nitrogens is 3. The van der Waals surface area contributed by atoms with E-state index in [0.717, 1.165) is 38.3 Å².